The van der Waals surface area contributed by atoms with Gasteiger partial charge in [-0.1, -0.05) is 50.3 Å². The fraction of sp³-hybridized carbons (Fsp3) is 0.474. The molecule has 1 aromatic rings. The summed E-state index contributed by atoms with van der Waals surface area (Å²) in [5.74, 6) is 1.43. The highest BCUT2D eigenvalue weighted by Crippen LogP contribution is 2.35. The Morgan fingerprint density at radius 1 is 1.16 bits per heavy atom. The van der Waals surface area contributed by atoms with Crippen LogP contribution in [0.2, 0.25) is 0 Å². The van der Waals surface area contributed by atoms with Gasteiger partial charge in [0.25, 0.3) is 5.91 Å². The Kier molecular flexibility index (Phi) is 7.78. The van der Waals surface area contributed by atoms with E-state index in [-0.39, 0.29) is 5.91 Å². The summed E-state index contributed by atoms with van der Waals surface area (Å²) in [7, 11) is 0. The largest absolute Gasteiger partial charge is 0.490 e. The molecule has 0 aliphatic carbocycles. The molecular formula is C19H25NO3S2. The summed E-state index contributed by atoms with van der Waals surface area (Å²) in [4.78, 5) is 14.8. The summed E-state index contributed by atoms with van der Waals surface area (Å²) in [5, 5.41) is 0. The van der Waals surface area contributed by atoms with Gasteiger partial charge in [-0.05, 0) is 43.5 Å². The Morgan fingerprint density at radius 2 is 1.96 bits per heavy atom. The van der Waals surface area contributed by atoms with Gasteiger partial charge in [0.1, 0.15) is 4.32 Å². The Morgan fingerprint density at radius 3 is 2.64 bits per heavy atom. The molecule has 6 heteroatoms. The smallest absolute Gasteiger partial charge is 0.266 e. The third kappa shape index (κ3) is 5.22. The van der Waals surface area contributed by atoms with Crippen LogP contribution in [0, 0.1) is 0 Å². The number of thiocarbonyl (C=S) groups is 1. The second kappa shape index (κ2) is 9.82. The van der Waals surface area contributed by atoms with Crippen molar-refractivity contribution < 1.29 is 14.3 Å². The molecule has 1 amide bonds. The summed E-state index contributed by atoms with van der Waals surface area (Å²) in [6, 6.07) is 5.76. The number of benzene rings is 1. The molecule has 0 unspecified atom stereocenters. The van der Waals surface area contributed by atoms with Crippen LogP contribution in [0.15, 0.2) is 23.1 Å². The molecule has 0 saturated carbocycles. The van der Waals surface area contributed by atoms with Gasteiger partial charge >= 0.3 is 0 Å². The topological polar surface area (TPSA) is 38.8 Å². The lowest BCUT2D eigenvalue weighted by molar-refractivity contribution is -0.122. The highest BCUT2D eigenvalue weighted by Gasteiger charge is 2.31. The molecule has 0 aromatic heterocycles. The Balaban J connectivity index is 2.20. The minimum absolute atomic E-state index is 0.0157. The number of carbonyl (C=O) groups is 1. The number of amides is 1. The molecule has 1 aliphatic rings. The first-order valence-corrected chi connectivity index (χ1v) is 9.98. The van der Waals surface area contributed by atoms with Gasteiger partial charge in [0.05, 0.1) is 18.1 Å². The van der Waals surface area contributed by atoms with E-state index in [9.17, 15) is 4.79 Å². The molecule has 1 aliphatic heterocycles. The number of unbranched alkanes of at least 4 members (excludes halogenated alkanes) is 1. The predicted molar refractivity (Wildman–Crippen MR) is 108 cm³/mol. The van der Waals surface area contributed by atoms with Gasteiger partial charge in [0.15, 0.2) is 11.5 Å². The number of thioether (sulfide) groups is 1. The first-order chi connectivity index (χ1) is 12.1. The summed E-state index contributed by atoms with van der Waals surface area (Å²) in [6.07, 6.45) is 4.85. The van der Waals surface area contributed by atoms with E-state index in [1.165, 1.54) is 11.8 Å². The zero-order valence-corrected chi connectivity index (χ0v) is 16.7. The molecule has 1 saturated heterocycles. The van der Waals surface area contributed by atoms with E-state index in [0.29, 0.717) is 34.7 Å². The molecule has 0 bridgehead atoms. The molecule has 1 fully saturated rings. The van der Waals surface area contributed by atoms with Crippen LogP contribution in [0.1, 0.15) is 45.6 Å². The lowest BCUT2D eigenvalue weighted by Crippen LogP contribution is -2.28. The minimum atomic E-state index is -0.0157. The monoisotopic (exact) mass is 379 g/mol. The summed E-state index contributed by atoms with van der Waals surface area (Å²) in [5.41, 5.74) is 0.906. The first kappa shape index (κ1) is 19.8. The second-order valence-corrected chi connectivity index (χ2v) is 7.35. The molecule has 0 spiro atoms. The van der Waals surface area contributed by atoms with Crippen molar-refractivity contribution in [3.63, 3.8) is 0 Å². The van der Waals surface area contributed by atoms with Gasteiger partial charge in [0, 0.05) is 6.54 Å². The number of hydrogen-bond donors (Lipinski definition) is 0. The minimum Gasteiger partial charge on any atom is -0.490 e. The molecule has 25 heavy (non-hydrogen) atoms. The molecule has 2 rings (SSSR count). The Labute approximate surface area is 159 Å². The molecule has 136 valence electrons. The van der Waals surface area contributed by atoms with Crippen molar-refractivity contribution in [3.05, 3.63) is 28.7 Å². The highest BCUT2D eigenvalue weighted by atomic mass is 32.2. The molecule has 4 nitrogen and oxygen atoms in total. The van der Waals surface area contributed by atoms with E-state index in [4.69, 9.17) is 21.7 Å². The predicted octanol–water partition coefficient (Wildman–Crippen LogP) is 4.88. The Bertz CT molecular complexity index is 658. The quantitative estimate of drug-likeness (QED) is 0.347. The SMILES string of the molecule is CCCCOc1ccc(/C=C2\SC(=S)N(CCC)C2=O)cc1OCC. The summed E-state index contributed by atoms with van der Waals surface area (Å²) >= 11 is 6.66. The van der Waals surface area contributed by atoms with E-state index >= 15 is 0 Å². The van der Waals surface area contributed by atoms with Gasteiger partial charge in [0.2, 0.25) is 0 Å². The van der Waals surface area contributed by atoms with Crippen molar-refractivity contribution in [1.29, 1.82) is 0 Å². The van der Waals surface area contributed by atoms with E-state index in [1.54, 1.807) is 4.90 Å². The van der Waals surface area contributed by atoms with Gasteiger partial charge < -0.3 is 9.47 Å². The molecule has 0 radical (unpaired) electrons. The lowest BCUT2D eigenvalue weighted by atomic mass is 10.2. The summed E-state index contributed by atoms with van der Waals surface area (Å²) < 4.78 is 12.1. The first-order valence-electron chi connectivity index (χ1n) is 8.75. The third-order valence-corrected chi connectivity index (χ3v) is 5.02. The van der Waals surface area contributed by atoms with Crippen LogP contribution in [0.4, 0.5) is 0 Å². The van der Waals surface area contributed by atoms with Crippen LogP contribution in [0.5, 0.6) is 11.5 Å². The highest BCUT2D eigenvalue weighted by molar-refractivity contribution is 8.26. The molecule has 1 aromatic carbocycles. The molecule has 1 heterocycles. The van der Waals surface area contributed by atoms with Crippen LogP contribution >= 0.6 is 24.0 Å². The fourth-order valence-electron chi connectivity index (χ4n) is 2.40. The van der Waals surface area contributed by atoms with Crippen LogP contribution in [0.3, 0.4) is 0 Å². The van der Waals surface area contributed by atoms with Crippen molar-refractivity contribution in [1.82, 2.24) is 4.90 Å². The number of nitrogens with zero attached hydrogens (tertiary/aromatic N) is 1. The normalized spacial score (nSPS) is 16.0. The second-order valence-electron chi connectivity index (χ2n) is 5.67. The van der Waals surface area contributed by atoms with Gasteiger partial charge in [-0.3, -0.25) is 9.69 Å². The van der Waals surface area contributed by atoms with E-state index in [1.807, 2.05) is 38.1 Å². The van der Waals surface area contributed by atoms with E-state index in [0.717, 1.165) is 30.6 Å². The maximum absolute atomic E-state index is 12.5. The van der Waals surface area contributed by atoms with Crippen molar-refractivity contribution >= 4 is 40.3 Å². The van der Waals surface area contributed by atoms with E-state index < -0.39 is 0 Å². The standard InChI is InChI=1S/C19H25NO3S2/c1-4-7-11-23-15-9-8-14(12-16(15)22-6-3)13-17-18(21)20(10-5-2)19(24)25-17/h8-9,12-13H,4-7,10-11H2,1-3H3/b17-13-. The number of carbonyl (C=O) groups excluding carboxylic acids is 1. The van der Waals surface area contributed by atoms with Crippen molar-refractivity contribution in [2.45, 2.75) is 40.0 Å². The van der Waals surface area contributed by atoms with Crippen LogP contribution < -0.4 is 9.47 Å². The number of ether oxygens (including phenoxy) is 2. The zero-order valence-electron chi connectivity index (χ0n) is 15.0. The van der Waals surface area contributed by atoms with Gasteiger partial charge in [-0.2, -0.15) is 0 Å². The zero-order chi connectivity index (χ0) is 18.2. The third-order valence-electron chi connectivity index (χ3n) is 3.64. The molecular weight excluding hydrogens is 354 g/mol. The molecule has 0 atom stereocenters. The number of hydrogen-bond acceptors (Lipinski definition) is 5. The van der Waals surface area contributed by atoms with Crippen molar-refractivity contribution in [2.24, 2.45) is 0 Å². The van der Waals surface area contributed by atoms with Gasteiger partial charge in [-0.25, -0.2) is 0 Å². The van der Waals surface area contributed by atoms with Crippen LogP contribution in [-0.2, 0) is 4.79 Å². The van der Waals surface area contributed by atoms with Gasteiger partial charge in [-0.15, -0.1) is 0 Å². The molecule has 0 N–H and O–H groups in total. The Hall–Kier alpha value is -1.53. The number of rotatable bonds is 9. The fourth-order valence-corrected chi connectivity index (χ4v) is 3.70. The van der Waals surface area contributed by atoms with Crippen LogP contribution in [0.25, 0.3) is 6.08 Å². The average molecular weight is 380 g/mol. The van der Waals surface area contributed by atoms with Crippen molar-refractivity contribution in [3.8, 4) is 11.5 Å². The maximum Gasteiger partial charge on any atom is 0.266 e. The van der Waals surface area contributed by atoms with Crippen LogP contribution in [-0.4, -0.2) is 34.9 Å². The maximum atomic E-state index is 12.5. The van der Waals surface area contributed by atoms with E-state index in [2.05, 4.69) is 6.92 Å². The van der Waals surface area contributed by atoms with Crippen molar-refractivity contribution in [2.75, 3.05) is 19.8 Å². The average Bonchev–Trinajstić information content (AvgIpc) is 2.85. The summed E-state index contributed by atoms with van der Waals surface area (Å²) in [6.45, 7) is 8.01. The lowest BCUT2D eigenvalue weighted by Gasteiger charge is -2.13.